The maximum atomic E-state index is 13.7. The first-order chi connectivity index (χ1) is 18.8. The van der Waals surface area contributed by atoms with Crippen molar-refractivity contribution in [2.24, 2.45) is 0 Å². The van der Waals surface area contributed by atoms with Crippen LogP contribution in [-0.4, -0.2) is 36.1 Å². The molecule has 1 N–H and O–H groups in total. The summed E-state index contributed by atoms with van der Waals surface area (Å²) < 4.78 is 47.0. The maximum absolute atomic E-state index is 13.7. The summed E-state index contributed by atoms with van der Waals surface area (Å²) in [7, 11) is 0. The quantitative estimate of drug-likeness (QED) is 0.273. The molecule has 0 radical (unpaired) electrons. The Balaban J connectivity index is 1.27. The van der Waals surface area contributed by atoms with Crippen LogP contribution in [-0.2, 0) is 11.6 Å². The van der Waals surface area contributed by atoms with Crippen molar-refractivity contribution in [2.75, 3.05) is 31.6 Å². The number of fused-ring (bicyclic) bond motifs is 1. The lowest BCUT2D eigenvalue weighted by Crippen LogP contribution is -2.43. The van der Waals surface area contributed by atoms with Gasteiger partial charge in [-0.1, -0.05) is 48.5 Å². The van der Waals surface area contributed by atoms with E-state index in [0.29, 0.717) is 25.1 Å². The van der Waals surface area contributed by atoms with Crippen molar-refractivity contribution in [1.82, 2.24) is 9.88 Å². The molecule has 1 aliphatic rings. The van der Waals surface area contributed by atoms with Crippen LogP contribution in [0.1, 0.15) is 29.7 Å². The Kier molecular flexibility index (Phi) is 7.45. The van der Waals surface area contributed by atoms with E-state index < -0.39 is 17.2 Å². The number of nitriles is 1. The summed E-state index contributed by atoms with van der Waals surface area (Å²) in [4.78, 5) is 6.69. The fourth-order valence-electron chi connectivity index (χ4n) is 5.16. The van der Waals surface area contributed by atoms with E-state index in [-0.39, 0.29) is 18.0 Å². The highest BCUT2D eigenvalue weighted by Gasteiger charge is 2.36. The van der Waals surface area contributed by atoms with Crippen LogP contribution in [0, 0.1) is 18.3 Å². The minimum Gasteiger partial charge on any atom is -0.492 e. The molecule has 2 heterocycles. The number of aromatic nitrogens is 1. The van der Waals surface area contributed by atoms with Crippen LogP contribution in [0.4, 0.5) is 24.5 Å². The number of aryl methyl sites for hydroxylation is 1. The Hall–Kier alpha value is -4.09. The van der Waals surface area contributed by atoms with Crippen LogP contribution in [0.2, 0.25) is 0 Å². The molecule has 0 atom stereocenters. The van der Waals surface area contributed by atoms with Crippen LogP contribution in [0.25, 0.3) is 10.9 Å². The highest BCUT2D eigenvalue weighted by atomic mass is 19.4. The lowest BCUT2D eigenvalue weighted by atomic mass is 9.74. The number of para-hydroxylation sites is 1. The molecule has 1 saturated heterocycles. The van der Waals surface area contributed by atoms with Crippen molar-refractivity contribution in [2.45, 2.75) is 31.4 Å². The molecule has 3 aromatic carbocycles. The highest BCUT2D eigenvalue weighted by molar-refractivity contribution is 5.93. The second-order valence-corrected chi connectivity index (χ2v) is 9.95. The van der Waals surface area contributed by atoms with E-state index in [2.05, 4.69) is 21.3 Å². The Morgan fingerprint density at radius 3 is 2.44 bits per heavy atom. The first-order valence-electron chi connectivity index (χ1n) is 12.9. The monoisotopic (exact) mass is 530 g/mol. The van der Waals surface area contributed by atoms with E-state index >= 15 is 0 Å². The van der Waals surface area contributed by atoms with Gasteiger partial charge in [0.1, 0.15) is 12.4 Å². The zero-order chi connectivity index (χ0) is 27.5. The lowest BCUT2D eigenvalue weighted by molar-refractivity contribution is -0.137. The Labute approximate surface area is 225 Å². The second-order valence-electron chi connectivity index (χ2n) is 9.95. The number of alkyl halides is 3. The number of benzene rings is 3. The average molecular weight is 531 g/mol. The number of halogens is 3. The summed E-state index contributed by atoms with van der Waals surface area (Å²) in [6, 6.07) is 25.4. The standard InChI is InChI=1S/C31H29F3N4O/c1-22-17-29(27-9-5-6-10-28(27)36-22)37-25-18-24(31(32,33)34)19-26(20-25)39-16-15-38-13-11-30(21-35,12-14-38)23-7-3-2-4-8-23/h2-10,17-20H,11-16H2,1H3,(H,36,37). The molecule has 0 amide bonds. The third-order valence-corrected chi connectivity index (χ3v) is 7.28. The van der Waals surface area contributed by atoms with Gasteiger partial charge in [0.05, 0.1) is 22.6 Å². The third-order valence-electron chi connectivity index (χ3n) is 7.28. The molecule has 5 rings (SSSR count). The number of anilines is 2. The van der Waals surface area contributed by atoms with Crippen LogP contribution in [0.3, 0.4) is 0 Å². The molecule has 1 aromatic heterocycles. The molecule has 0 spiro atoms. The number of piperidine rings is 1. The normalized spacial score (nSPS) is 15.6. The first kappa shape index (κ1) is 26.5. The Morgan fingerprint density at radius 1 is 1.00 bits per heavy atom. The van der Waals surface area contributed by atoms with Crippen LogP contribution in [0.15, 0.2) is 78.9 Å². The van der Waals surface area contributed by atoms with Crippen LogP contribution >= 0.6 is 0 Å². The van der Waals surface area contributed by atoms with Crippen molar-refractivity contribution in [3.05, 3.63) is 95.7 Å². The zero-order valence-corrected chi connectivity index (χ0v) is 21.6. The second kappa shape index (κ2) is 11.0. The number of ether oxygens (including phenoxy) is 1. The number of nitrogens with one attached hydrogen (secondary N) is 1. The summed E-state index contributed by atoms with van der Waals surface area (Å²) in [6.07, 6.45) is -3.12. The lowest BCUT2D eigenvalue weighted by Gasteiger charge is -2.37. The zero-order valence-electron chi connectivity index (χ0n) is 21.6. The van der Waals surface area contributed by atoms with Gasteiger partial charge >= 0.3 is 6.18 Å². The molecule has 0 saturated carbocycles. The smallest absolute Gasteiger partial charge is 0.416 e. The minimum absolute atomic E-state index is 0.148. The summed E-state index contributed by atoms with van der Waals surface area (Å²) >= 11 is 0. The van der Waals surface area contributed by atoms with Crippen LogP contribution in [0.5, 0.6) is 5.75 Å². The van der Waals surface area contributed by atoms with Crippen LogP contribution < -0.4 is 10.1 Å². The van der Waals surface area contributed by atoms with Gasteiger partial charge in [0.15, 0.2) is 0 Å². The van der Waals surface area contributed by atoms with Gasteiger partial charge in [-0.25, -0.2) is 0 Å². The molecule has 0 unspecified atom stereocenters. The number of nitrogens with zero attached hydrogens (tertiary/aromatic N) is 3. The summed E-state index contributed by atoms with van der Waals surface area (Å²) in [5, 5.41) is 13.9. The van der Waals surface area contributed by atoms with Gasteiger partial charge in [-0.3, -0.25) is 9.88 Å². The van der Waals surface area contributed by atoms with E-state index in [1.165, 1.54) is 0 Å². The molecule has 1 aliphatic heterocycles. The molecule has 5 nitrogen and oxygen atoms in total. The molecule has 39 heavy (non-hydrogen) atoms. The molecule has 4 aromatic rings. The minimum atomic E-state index is -4.52. The maximum Gasteiger partial charge on any atom is 0.416 e. The Bertz CT molecular complexity index is 1490. The number of hydrogen-bond donors (Lipinski definition) is 1. The molecule has 8 heteroatoms. The van der Waals surface area contributed by atoms with Gasteiger partial charge in [0.25, 0.3) is 0 Å². The number of hydrogen-bond acceptors (Lipinski definition) is 5. The van der Waals surface area contributed by atoms with Crippen molar-refractivity contribution in [3.8, 4) is 11.8 Å². The van der Waals surface area contributed by atoms with Crippen molar-refractivity contribution in [1.29, 1.82) is 5.26 Å². The third kappa shape index (κ3) is 5.99. The van der Waals surface area contributed by atoms with Crippen molar-refractivity contribution in [3.63, 3.8) is 0 Å². The van der Waals surface area contributed by atoms with Gasteiger partial charge in [-0.2, -0.15) is 18.4 Å². The summed E-state index contributed by atoms with van der Waals surface area (Å²) in [5.74, 6) is 0.148. The van der Waals surface area contributed by atoms with E-state index in [9.17, 15) is 18.4 Å². The van der Waals surface area contributed by atoms with E-state index in [4.69, 9.17) is 4.74 Å². The van der Waals surface area contributed by atoms with E-state index in [1.54, 1.807) is 6.07 Å². The molecule has 0 aliphatic carbocycles. The number of pyridine rings is 1. The highest BCUT2D eigenvalue weighted by Crippen LogP contribution is 2.37. The van der Waals surface area contributed by atoms with Gasteiger partial charge < -0.3 is 10.1 Å². The number of likely N-dealkylation sites (tertiary alicyclic amines) is 1. The average Bonchev–Trinajstić information content (AvgIpc) is 2.93. The van der Waals surface area contributed by atoms with E-state index in [0.717, 1.165) is 47.4 Å². The summed E-state index contributed by atoms with van der Waals surface area (Å²) in [6.45, 7) is 4.08. The van der Waals surface area contributed by atoms with Crippen molar-refractivity contribution < 1.29 is 17.9 Å². The van der Waals surface area contributed by atoms with Gasteiger partial charge in [-0.05, 0) is 49.6 Å². The molecule has 200 valence electrons. The predicted molar refractivity (Wildman–Crippen MR) is 146 cm³/mol. The fraction of sp³-hybridized carbons (Fsp3) is 0.290. The van der Waals surface area contributed by atoms with Gasteiger partial charge in [0.2, 0.25) is 0 Å². The van der Waals surface area contributed by atoms with E-state index in [1.807, 2.05) is 67.6 Å². The molecule has 0 bridgehead atoms. The largest absolute Gasteiger partial charge is 0.492 e. The first-order valence-corrected chi connectivity index (χ1v) is 12.9. The van der Waals surface area contributed by atoms with Crippen molar-refractivity contribution >= 4 is 22.3 Å². The number of rotatable bonds is 7. The Morgan fingerprint density at radius 2 is 1.72 bits per heavy atom. The molecule has 1 fully saturated rings. The van der Waals surface area contributed by atoms with Gasteiger partial charge in [-0.15, -0.1) is 0 Å². The fourth-order valence-corrected chi connectivity index (χ4v) is 5.16. The predicted octanol–water partition coefficient (Wildman–Crippen LogP) is 7.24. The SMILES string of the molecule is Cc1cc(Nc2cc(OCCN3CCC(C#N)(c4ccccc4)CC3)cc(C(F)(F)F)c2)c2ccccc2n1. The van der Waals surface area contributed by atoms with Gasteiger partial charge in [0, 0.05) is 48.2 Å². The topological polar surface area (TPSA) is 61.2 Å². The molecular formula is C31H29F3N4O. The molecular weight excluding hydrogens is 501 g/mol. The summed E-state index contributed by atoms with van der Waals surface area (Å²) in [5.41, 5.74) is 2.23.